The SMILES string of the molecule is CCC(C)(CC)C(=O)/C=C(\O)C(C)(CC)CC.Cc1csc2c(-c3ccc4c(CC(C)C)csc4c3)cc(-c3[c-]c4ccccc4c(C(C)(C)C)c3)nc12.[Ir]. The fraction of sp³-hybridized carbons (Fsp3) is 0.429. The van der Waals surface area contributed by atoms with E-state index in [4.69, 9.17) is 4.98 Å². The molecule has 0 unspecified atom stereocenters. The fourth-order valence-corrected chi connectivity index (χ4v) is 9.04. The molecule has 3 heterocycles. The maximum atomic E-state index is 12.2. The summed E-state index contributed by atoms with van der Waals surface area (Å²) in [5.74, 6) is 0.943. The Labute approximate surface area is 352 Å². The van der Waals surface area contributed by atoms with Gasteiger partial charge in [-0.3, -0.25) is 9.78 Å². The second kappa shape index (κ2) is 18.0. The Balaban J connectivity index is 0.000000320. The molecule has 0 saturated carbocycles. The predicted octanol–water partition coefficient (Wildman–Crippen LogP) is 15.3. The monoisotopic (exact) mass is 951 g/mol. The van der Waals surface area contributed by atoms with Gasteiger partial charge in [-0.1, -0.05) is 124 Å². The number of carbonyl (C=O) groups excluding carboxylic acids is 1. The van der Waals surface area contributed by atoms with Crippen LogP contribution in [0.4, 0.5) is 0 Å². The molecule has 1 N–H and O–H groups in total. The summed E-state index contributed by atoms with van der Waals surface area (Å²) in [5.41, 5.74) is 9.13. The van der Waals surface area contributed by atoms with Gasteiger partial charge in [0.1, 0.15) is 5.76 Å². The molecule has 3 nitrogen and oxygen atoms in total. The smallest absolute Gasteiger partial charge is 0.164 e. The topological polar surface area (TPSA) is 50.2 Å². The summed E-state index contributed by atoms with van der Waals surface area (Å²) in [5, 5.41) is 18.5. The normalized spacial score (nSPS) is 12.6. The molecule has 3 aromatic carbocycles. The van der Waals surface area contributed by atoms with Gasteiger partial charge in [0, 0.05) is 47.4 Å². The van der Waals surface area contributed by atoms with Crippen LogP contribution in [0.25, 0.3) is 53.5 Å². The van der Waals surface area contributed by atoms with E-state index in [1.165, 1.54) is 54.1 Å². The van der Waals surface area contributed by atoms with Crippen LogP contribution in [0.5, 0.6) is 0 Å². The van der Waals surface area contributed by atoms with Gasteiger partial charge in [0.05, 0.1) is 10.2 Å². The molecule has 0 aliphatic heterocycles. The molecule has 295 valence electrons. The molecule has 55 heavy (non-hydrogen) atoms. The van der Waals surface area contributed by atoms with Gasteiger partial charge in [0.2, 0.25) is 0 Å². The van der Waals surface area contributed by atoms with E-state index in [1.54, 1.807) is 11.3 Å². The van der Waals surface area contributed by atoms with Crippen molar-refractivity contribution in [3.63, 3.8) is 0 Å². The minimum atomic E-state index is -0.337. The summed E-state index contributed by atoms with van der Waals surface area (Å²) in [6.07, 6.45) is 5.88. The van der Waals surface area contributed by atoms with E-state index in [-0.39, 0.29) is 47.9 Å². The van der Waals surface area contributed by atoms with Gasteiger partial charge in [-0.15, -0.1) is 51.8 Å². The van der Waals surface area contributed by atoms with Crippen molar-refractivity contribution < 1.29 is 30.0 Å². The van der Waals surface area contributed by atoms with Crippen molar-refractivity contribution >= 4 is 59.5 Å². The molecule has 0 amide bonds. The van der Waals surface area contributed by atoms with Crippen molar-refractivity contribution in [2.75, 3.05) is 0 Å². The standard InChI is InChI=1S/C34H32NS2.C15H28O2.Ir/c1-20(2)13-25-19-36-31-16-23(11-12-27(25)31)28-17-30(35-32-21(3)18-37-33(28)32)24-14-22-9-7-8-10-26(22)29(15-24)34(4,5)6;1-7-14(5,8-2)12(16)11-13(17)15(6,9-3)10-4;/h7-12,15-20H,13H2,1-6H3;11,16H,7-10H2,1-6H3;/q-1;;/b;12-11-;. The Bertz CT molecular complexity index is 2290. The van der Waals surface area contributed by atoms with E-state index >= 15 is 0 Å². The molecule has 0 aliphatic rings. The van der Waals surface area contributed by atoms with Crippen molar-refractivity contribution in [2.45, 2.75) is 121 Å². The number of allylic oxidation sites excluding steroid dienone is 2. The Hall–Kier alpha value is -3.15. The van der Waals surface area contributed by atoms with Crippen LogP contribution in [0.2, 0.25) is 0 Å². The van der Waals surface area contributed by atoms with Crippen LogP contribution in [-0.4, -0.2) is 15.9 Å². The third-order valence-corrected chi connectivity index (χ3v) is 13.9. The number of nitrogens with zero attached hydrogens (tertiary/aromatic N) is 1. The summed E-state index contributed by atoms with van der Waals surface area (Å²) in [6, 6.07) is 23.9. The maximum absolute atomic E-state index is 12.2. The van der Waals surface area contributed by atoms with Crippen molar-refractivity contribution in [2.24, 2.45) is 16.7 Å². The molecule has 0 aliphatic carbocycles. The molecule has 3 aromatic heterocycles. The van der Waals surface area contributed by atoms with E-state index < -0.39 is 0 Å². The van der Waals surface area contributed by atoms with Crippen LogP contribution in [0.3, 0.4) is 0 Å². The minimum Gasteiger partial charge on any atom is -0.512 e. The van der Waals surface area contributed by atoms with Gasteiger partial charge in [-0.05, 0) is 94.8 Å². The quantitative estimate of drug-likeness (QED) is 0.0800. The number of aliphatic hydroxyl groups excluding tert-OH is 1. The second-order valence-corrected chi connectivity index (χ2v) is 18.8. The Kier molecular flexibility index (Phi) is 14.6. The minimum absolute atomic E-state index is 0. The third kappa shape index (κ3) is 9.53. The molecule has 0 spiro atoms. The number of aromatic nitrogens is 1. The first kappa shape index (κ1) is 44.6. The maximum Gasteiger partial charge on any atom is 0.164 e. The number of fused-ring (bicyclic) bond motifs is 3. The zero-order chi connectivity index (χ0) is 39.6. The predicted molar refractivity (Wildman–Crippen MR) is 237 cm³/mol. The zero-order valence-electron chi connectivity index (χ0n) is 35.0. The van der Waals surface area contributed by atoms with Crippen molar-refractivity contribution in [3.05, 3.63) is 99.9 Å². The molecule has 6 aromatic rings. The van der Waals surface area contributed by atoms with Crippen molar-refractivity contribution in [1.29, 1.82) is 0 Å². The zero-order valence-corrected chi connectivity index (χ0v) is 39.0. The van der Waals surface area contributed by atoms with Crippen LogP contribution in [0, 0.1) is 29.7 Å². The molecule has 0 saturated heterocycles. The number of aryl methyl sites for hydroxylation is 1. The van der Waals surface area contributed by atoms with Crippen LogP contribution in [0.1, 0.15) is 119 Å². The first-order valence-electron chi connectivity index (χ1n) is 19.8. The van der Waals surface area contributed by atoms with Crippen molar-refractivity contribution in [3.8, 4) is 22.4 Å². The van der Waals surface area contributed by atoms with E-state index in [0.29, 0.717) is 5.92 Å². The van der Waals surface area contributed by atoms with E-state index in [0.717, 1.165) is 54.3 Å². The molecule has 1 radical (unpaired) electrons. The number of thiophene rings is 2. The second-order valence-electron chi connectivity index (χ2n) is 17.0. The number of pyridine rings is 1. The number of ketones is 1. The molecule has 6 rings (SSSR count). The van der Waals surface area contributed by atoms with E-state index in [9.17, 15) is 9.90 Å². The summed E-state index contributed by atoms with van der Waals surface area (Å²) in [6.45, 7) is 25.7. The Morgan fingerprint density at radius 2 is 1.51 bits per heavy atom. The number of rotatable bonds is 11. The first-order valence-corrected chi connectivity index (χ1v) is 21.5. The molecule has 6 heteroatoms. The van der Waals surface area contributed by atoms with E-state index in [2.05, 4.69) is 113 Å². The number of benzene rings is 3. The van der Waals surface area contributed by atoms with Crippen LogP contribution >= 0.6 is 22.7 Å². The van der Waals surface area contributed by atoms with E-state index in [1.807, 2.05) is 52.9 Å². The average molecular weight is 951 g/mol. The third-order valence-electron chi connectivity index (χ3n) is 11.8. The van der Waals surface area contributed by atoms with Crippen LogP contribution in [-0.2, 0) is 36.7 Å². The molecule has 0 bridgehead atoms. The fourth-order valence-electron chi connectivity index (χ4n) is 7.00. The van der Waals surface area contributed by atoms with Gasteiger partial charge in [0.25, 0.3) is 0 Å². The molecule has 0 atom stereocenters. The number of carbonyl (C=O) groups is 1. The summed E-state index contributed by atoms with van der Waals surface area (Å²) < 4.78 is 2.62. The number of hydrogen-bond donors (Lipinski definition) is 1. The summed E-state index contributed by atoms with van der Waals surface area (Å²) in [4.78, 5) is 17.4. The number of hydrogen-bond acceptors (Lipinski definition) is 5. The molecule has 0 fully saturated rings. The summed E-state index contributed by atoms with van der Waals surface area (Å²) >= 11 is 3.66. The average Bonchev–Trinajstić information content (AvgIpc) is 3.74. The van der Waals surface area contributed by atoms with Gasteiger partial charge in [-0.25, -0.2) is 0 Å². The summed E-state index contributed by atoms with van der Waals surface area (Å²) in [7, 11) is 0. The van der Waals surface area contributed by atoms with Crippen molar-refractivity contribution in [1.82, 2.24) is 4.98 Å². The number of aliphatic hydroxyl groups is 1. The van der Waals surface area contributed by atoms with Gasteiger partial charge in [0.15, 0.2) is 5.78 Å². The molecular weight excluding hydrogens is 891 g/mol. The molecular formula is C49H60IrNO2S2-. The van der Waals surface area contributed by atoms with Gasteiger partial charge < -0.3 is 5.11 Å². The Morgan fingerprint density at radius 1 is 0.855 bits per heavy atom. The first-order chi connectivity index (χ1) is 25.5. The Morgan fingerprint density at radius 3 is 2.13 bits per heavy atom. The van der Waals surface area contributed by atoms with Gasteiger partial charge >= 0.3 is 0 Å². The van der Waals surface area contributed by atoms with Crippen LogP contribution < -0.4 is 0 Å². The van der Waals surface area contributed by atoms with Gasteiger partial charge in [-0.2, -0.15) is 0 Å². The van der Waals surface area contributed by atoms with Crippen LogP contribution in [0.15, 0.2) is 77.2 Å². The largest absolute Gasteiger partial charge is 0.512 e.